The van der Waals surface area contributed by atoms with Crippen LogP contribution < -0.4 is 10.2 Å². The van der Waals surface area contributed by atoms with Crippen LogP contribution in [-0.2, 0) is 6.54 Å². The lowest BCUT2D eigenvalue weighted by Gasteiger charge is -2.34. The number of nitrogens with zero attached hydrogens (tertiary/aromatic N) is 3. The van der Waals surface area contributed by atoms with Gasteiger partial charge in [-0.15, -0.1) is 0 Å². The van der Waals surface area contributed by atoms with Crippen LogP contribution in [0.5, 0.6) is 0 Å². The van der Waals surface area contributed by atoms with Crippen LogP contribution in [0.3, 0.4) is 0 Å². The van der Waals surface area contributed by atoms with Crippen molar-refractivity contribution in [2.45, 2.75) is 52.6 Å². The first-order valence-electron chi connectivity index (χ1n) is 6.76. The first kappa shape index (κ1) is 14.9. The number of anilines is 1. The molecule has 1 N–H and O–H groups in total. The third-order valence-electron chi connectivity index (χ3n) is 3.52. The Labute approximate surface area is 111 Å². The molecule has 4 nitrogen and oxygen atoms in total. The Morgan fingerprint density at radius 2 is 1.83 bits per heavy atom. The van der Waals surface area contributed by atoms with Gasteiger partial charge in [-0.2, -0.15) is 0 Å². The van der Waals surface area contributed by atoms with Gasteiger partial charge in [0.05, 0.1) is 0 Å². The van der Waals surface area contributed by atoms with E-state index in [0.29, 0.717) is 0 Å². The zero-order valence-corrected chi connectivity index (χ0v) is 12.3. The summed E-state index contributed by atoms with van der Waals surface area (Å²) >= 11 is 0. The van der Waals surface area contributed by atoms with E-state index in [1.165, 1.54) is 0 Å². The molecule has 0 aliphatic carbocycles. The van der Waals surface area contributed by atoms with Gasteiger partial charge in [-0.05, 0) is 33.2 Å². The first-order chi connectivity index (χ1) is 8.51. The zero-order valence-electron chi connectivity index (χ0n) is 12.3. The highest BCUT2D eigenvalue weighted by Gasteiger charge is 2.23. The van der Waals surface area contributed by atoms with Crippen LogP contribution in [0.15, 0.2) is 12.4 Å². The summed E-state index contributed by atoms with van der Waals surface area (Å²) in [5.41, 5.74) is 1.22. The molecule has 18 heavy (non-hydrogen) atoms. The Morgan fingerprint density at radius 3 is 2.33 bits per heavy atom. The highest BCUT2D eigenvalue weighted by Crippen LogP contribution is 2.20. The zero-order chi connectivity index (χ0) is 13.6. The van der Waals surface area contributed by atoms with Gasteiger partial charge in [0.1, 0.15) is 0 Å². The summed E-state index contributed by atoms with van der Waals surface area (Å²) in [5, 5.41) is 3.35. The molecule has 0 aliphatic heterocycles. The molecule has 0 atom stereocenters. The molecule has 0 unspecified atom stereocenters. The molecule has 4 heteroatoms. The van der Waals surface area contributed by atoms with Crippen molar-refractivity contribution < 1.29 is 0 Å². The van der Waals surface area contributed by atoms with Gasteiger partial charge in [-0.3, -0.25) is 0 Å². The van der Waals surface area contributed by atoms with E-state index in [-0.39, 0.29) is 5.54 Å². The minimum Gasteiger partial charge on any atom is -0.339 e. The van der Waals surface area contributed by atoms with Gasteiger partial charge >= 0.3 is 0 Å². The highest BCUT2D eigenvalue weighted by molar-refractivity contribution is 5.32. The third kappa shape index (κ3) is 3.95. The minimum atomic E-state index is 0.0853. The lowest BCUT2D eigenvalue weighted by atomic mass is 10.0. The van der Waals surface area contributed by atoms with Crippen LogP contribution in [0.4, 0.5) is 5.95 Å². The van der Waals surface area contributed by atoms with E-state index in [2.05, 4.69) is 47.9 Å². The maximum Gasteiger partial charge on any atom is 0.225 e. The topological polar surface area (TPSA) is 41.1 Å². The fourth-order valence-electron chi connectivity index (χ4n) is 1.53. The van der Waals surface area contributed by atoms with Crippen LogP contribution in [0.25, 0.3) is 0 Å². The maximum absolute atomic E-state index is 4.45. The summed E-state index contributed by atoms with van der Waals surface area (Å²) in [6.45, 7) is 10.6. The molecule has 0 radical (unpaired) electrons. The predicted molar refractivity (Wildman–Crippen MR) is 76.8 cm³/mol. The van der Waals surface area contributed by atoms with Crippen molar-refractivity contribution in [3.05, 3.63) is 18.0 Å². The Hall–Kier alpha value is -1.16. The third-order valence-corrected chi connectivity index (χ3v) is 3.52. The van der Waals surface area contributed by atoms with Crippen molar-refractivity contribution in [1.29, 1.82) is 0 Å². The number of rotatable bonds is 7. The van der Waals surface area contributed by atoms with Crippen molar-refractivity contribution >= 4 is 5.95 Å². The van der Waals surface area contributed by atoms with Crippen LogP contribution in [0.2, 0.25) is 0 Å². The number of hydrogen-bond donors (Lipinski definition) is 1. The Balaban J connectivity index is 2.65. The highest BCUT2D eigenvalue weighted by atomic mass is 15.3. The van der Waals surface area contributed by atoms with Gasteiger partial charge in [-0.25, -0.2) is 9.97 Å². The van der Waals surface area contributed by atoms with Crippen LogP contribution in [-0.4, -0.2) is 29.1 Å². The van der Waals surface area contributed by atoms with Crippen molar-refractivity contribution in [3.8, 4) is 0 Å². The average Bonchev–Trinajstić information content (AvgIpc) is 2.39. The summed E-state index contributed by atoms with van der Waals surface area (Å²) in [4.78, 5) is 11.0. The second kappa shape index (κ2) is 6.69. The summed E-state index contributed by atoms with van der Waals surface area (Å²) < 4.78 is 0. The van der Waals surface area contributed by atoms with Gasteiger partial charge in [0.25, 0.3) is 0 Å². The monoisotopic (exact) mass is 250 g/mol. The molecular formula is C14H26N4. The van der Waals surface area contributed by atoms with E-state index in [0.717, 1.165) is 37.4 Å². The Kier molecular flexibility index (Phi) is 5.54. The second-order valence-corrected chi connectivity index (χ2v) is 5.29. The summed E-state index contributed by atoms with van der Waals surface area (Å²) in [7, 11) is 2.05. The lowest BCUT2D eigenvalue weighted by Crippen LogP contribution is -2.41. The summed E-state index contributed by atoms with van der Waals surface area (Å²) in [5.74, 6) is 0.793. The van der Waals surface area contributed by atoms with E-state index in [1.54, 1.807) is 0 Å². The molecule has 0 bridgehead atoms. The number of hydrogen-bond acceptors (Lipinski definition) is 4. The molecule has 1 aromatic rings. The van der Waals surface area contributed by atoms with Gasteiger partial charge in [0.15, 0.2) is 0 Å². The van der Waals surface area contributed by atoms with Gasteiger partial charge < -0.3 is 10.2 Å². The minimum absolute atomic E-state index is 0.0853. The quantitative estimate of drug-likeness (QED) is 0.755. The van der Waals surface area contributed by atoms with Crippen molar-refractivity contribution in [3.63, 3.8) is 0 Å². The number of nitrogens with one attached hydrogen (secondary N) is 1. The Bertz CT molecular complexity index is 345. The molecule has 0 saturated carbocycles. The summed E-state index contributed by atoms with van der Waals surface area (Å²) in [6.07, 6.45) is 6.03. The molecule has 1 rings (SSSR count). The summed E-state index contributed by atoms with van der Waals surface area (Å²) in [6, 6.07) is 0. The molecule has 1 aromatic heterocycles. The largest absolute Gasteiger partial charge is 0.339 e. The SMILES string of the molecule is CCCNCc1cnc(N(C)C(C)(C)CC)nc1. The van der Waals surface area contributed by atoms with E-state index in [1.807, 2.05) is 19.4 Å². The second-order valence-electron chi connectivity index (χ2n) is 5.29. The molecule has 0 amide bonds. The molecule has 0 saturated heterocycles. The smallest absolute Gasteiger partial charge is 0.225 e. The maximum atomic E-state index is 4.45. The molecule has 0 fully saturated rings. The van der Waals surface area contributed by atoms with Crippen molar-refractivity contribution in [2.75, 3.05) is 18.5 Å². The first-order valence-corrected chi connectivity index (χ1v) is 6.76. The normalized spacial score (nSPS) is 11.6. The van der Waals surface area contributed by atoms with Gasteiger partial charge in [0.2, 0.25) is 5.95 Å². The number of aromatic nitrogens is 2. The van der Waals surface area contributed by atoms with Crippen molar-refractivity contribution in [1.82, 2.24) is 15.3 Å². The fraction of sp³-hybridized carbons (Fsp3) is 0.714. The average molecular weight is 250 g/mol. The van der Waals surface area contributed by atoms with Gasteiger partial charge in [0, 0.05) is 37.1 Å². The Morgan fingerprint density at radius 1 is 1.22 bits per heavy atom. The molecular weight excluding hydrogens is 224 g/mol. The van der Waals surface area contributed by atoms with E-state index >= 15 is 0 Å². The standard InChI is InChI=1S/C14H26N4/c1-6-8-15-9-12-10-16-13(17-11-12)18(5)14(3,4)7-2/h10-11,15H,6-9H2,1-5H3. The predicted octanol–water partition coefficient (Wildman–Crippen LogP) is 2.60. The van der Waals surface area contributed by atoms with E-state index in [9.17, 15) is 0 Å². The molecule has 102 valence electrons. The molecule has 0 spiro atoms. The van der Waals surface area contributed by atoms with Crippen LogP contribution >= 0.6 is 0 Å². The fourth-order valence-corrected chi connectivity index (χ4v) is 1.53. The molecule has 0 aliphatic rings. The van der Waals surface area contributed by atoms with E-state index < -0.39 is 0 Å². The van der Waals surface area contributed by atoms with Crippen molar-refractivity contribution in [2.24, 2.45) is 0 Å². The van der Waals surface area contributed by atoms with Crippen LogP contribution in [0.1, 0.15) is 46.1 Å². The van der Waals surface area contributed by atoms with Crippen LogP contribution in [0, 0.1) is 0 Å². The van der Waals surface area contributed by atoms with E-state index in [4.69, 9.17) is 0 Å². The molecule has 1 heterocycles. The van der Waals surface area contributed by atoms with Gasteiger partial charge in [-0.1, -0.05) is 13.8 Å². The molecule has 0 aromatic carbocycles. The lowest BCUT2D eigenvalue weighted by molar-refractivity contribution is 0.463.